The van der Waals surface area contributed by atoms with Gasteiger partial charge >= 0.3 is 5.97 Å². The molecule has 4 rings (SSSR count). The van der Waals surface area contributed by atoms with Crippen LogP contribution in [-0.2, 0) is 16.1 Å². The first-order valence-corrected chi connectivity index (χ1v) is 9.78. The Kier molecular flexibility index (Phi) is 5.89. The number of aromatic nitrogens is 2. The molecule has 1 aliphatic rings. The SMILES string of the molecule is COC(=O)c1ccc(C)c(Oc2ncnc3c2OCC(=O)N3Cc2ccc(OC)cc2)c1. The fourth-order valence-electron chi connectivity index (χ4n) is 3.21. The van der Waals surface area contributed by atoms with Crippen LogP contribution in [-0.4, -0.2) is 42.7 Å². The molecule has 1 aromatic heterocycles. The molecule has 0 atom stereocenters. The van der Waals surface area contributed by atoms with E-state index in [9.17, 15) is 9.59 Å². The highest BCUT2D eigenvalue weighted by atomic mass is 16.5. The Morgan fingerprint density at radius 3 is 2.62 bits per heavy atom. The van der Waals surface area contributed by atoms with Gasteiger partial charge in [0.1, 0.15) is 17.8 Å². The molecule has 2 heterocycles. The number of anilines is 1. The van der Waals surface area contributed by atoms with E-state index in [0.717, 1.165) is 16.9 Å². The highest BCUT2D eigenvalue weighted by Crippen LogP contribution is 2.40. The molecule has 9 nitrogen and oxygen atoms in total. The Morgan fingerprint density at radius 1 is 1.12 bits per heavy atom. The number of amides is 1. The number of hydrogen-bond donors (Lipinski definition) is 0. The Labute approximate surface area is 184 Å². The number of rotatable bonds is 6. The lowest BCUT2D eigenvalue weighted by atomic mass is 10.1. The molecule has 1 aliphatic heterocycles. The molecule has 0 saturated carbocycles. The van der Waals surface area contributed by atoms with Crippen molar-refractivity contribution in [3.8, 4) is 23.1 Å². The van der Waals surface area contributed by atoms with Gasteiger partial charge in [0, 0.05) is 0 Å². The first kappa shape index (κ1) is 21.1. The van der Waals surface area contributed by atoms with Gasteiger partial charge in [0.2, 0.25) is 5.75 Å². The summed E-state index contributed by atoms with van der Waals surface area (Å²) in [5, 5.41) is 0. The number of methoxy groups -OCH3 is 2. The second-order valence-corrected chi connectivity index (χ2v) is 7.02. The molecule has 0 N–H and O–H groups in total. The van der Waals surface area contributed by atoms with Gasteiger partial charge in [-0.15, -0.1) is 0 Å². The van der Waals surface area contributed by atoms with E-state index in [1.807, 2.05) is 31.2 Å². The summed E-state index contributed by atoms with van der Waals surface area (Å²) in [5.74, 6) is 1.13. The molecular formula is C23H21N3O6. The van der Waals surface area contributed by atoms with Crippen molar-refractivity contribution in [1.29, 1.82) is 0 Å². The maximum atomic E-state index is 12.6. The van der Waals surface area contributed by atoms with Gasteiger partial charge in [-0.1, -0.05) is 18.2 Å². The summed E-state index contributed by atoms with van der Waals surface area (Å²) in [4.78, 5) is 34.4. The molecule has 0 radical (unpaired) electrons. The molecule has 0 aliphatic carbocycles. The molecule has 9 heteroatoms. The van der Waals surface area contributed by atoms with Crippen LogP contribution < -0.4 is 19.1 Å². The molecule has 0 spiro atoms. The Balaban J connectivity index is 1.65. The van der Waals surface area contributed by atoms with Crippen LogP contribution in [0.2, 0.25) is 0 Å². The molecule has 0 fully saturated rings. The van der Waals surface area contributed by atoms with Crippen molar-refractivity contribution in [2.75, 3.05) is 25.7 Å². The zero-order chi connectivity index (χ0) is 22.7. The molecule has 2 aromatic carbocycles. The molecule has 3 aromatic rings. The van der Waals surface area contributed by atoms with E-state index < -0.39 is 5.97 Å². The van der Waals surface area contributed by atoms with E-state index in [2.05, 4.69) is 9.97 Å². The highest BCUT2D eigenvalue weighted by Gasteiger charge is 2.31. The van der Waals surface area contributed by atoms with Crippen LogP contribution in [0.15, 0.2) is 48.8 Å². The summed E-state index contributed by atoms with van der Waals surface area (Å²) in [7, 11) is 2.91. The Hall–Kier alpha value is -4.14. The van der Waals surface area contributed by atoms with Crippen molar-refractivity contribution >= 4 is 17.7 Å². The van der Waals surface area contributed by atoms with Crippen molar-refractivity contribution < 1.29 is 28.5 Å². The third-order valence-electron chi connectivity index (χ3n) is 4.96. The number of hydrogen-bond acceptors (Lipinski definition) is 8. The van der Waals surface area contributed by atoms with E-state index in [0.29, 0.717) is 23.7 Å². The topological polar surface area (TPSA) is 100 Å². The van der Waals surface area contributed by atoms with Gasteiger partial charge in [-0.3, -0.25) is 9.69 Å². The predicted octanol–water partition coefficient (Wildman–Crippen LogP) is 3.30. The fourth-order valence-corrected chi connectivity index (χ4v) is 3.21. The lowest BCUT2D eigenvalue weighted by Crippen LogP contribution is -2.39. The minimum absolute atomic E-state index is 0.146. The number of esters is 1. The third kappa shape index (κ3) is 4.18. The lowest BCUT2D eigenvalue weighted by Gasteiger charge is -2.28. The van der Waals surface area contributed by atoms with Gasteiger partial charge < -0.3 is 18.9 Å². The quantitative estimate of drug-likeness (QED) is 0.544. The van der Waals surface area contributed by atoms with Crippen molar-refractivity contribution in [3.63, 3.8) is 0 Å². The van der Waals surface area contributed by atoms with Crippen LogP contribution in [0.3, 0.4) is 0 Å². The van der Waals surface area contributed by atoms with Crippen molar-refractivity contribution in [1.82, 2.24) is 9.97 Å². The van der Waals surface area contributed by atoms with Crippen LogP contribution in [0, 0.1) is 6.92 Å². The van der Waals surface area contributed by atoms with Crippen LogP contribution in [0.4, 0.5) is 5.82 Å². The largest absolute Gasteiger partial charge is 0.497 e. The Bertz CT molecular complexity index is 1160. The summed E-state index contributed by atoms with van der Waals surface area (Å²) < 4.78 is 21.6. The molecule has 0 bridgehead atoms. The van der Waals surface area contributed by atoms with Crippen molar-refractivity contribution in [3.05, 3.63) is 65.5 Å². The standard InChI is InChI=1S/C23H21N3O6/c1-14-4-7-16(23(28)30-3)10-18(14)32-22-20-21(24-13-25-22)26(19(27)12-31-20)11-15-5-8-17(29-2)9-6-15/h4-10,13H,11-12H2,1-3H3. The van der Waals surface area contributed by atoms with Gasteiger partial charge in [0.05, 0.1) is 26.3 Å². The number of carbonyl (C=O) groups is 2. The van der Waals surface area contributed by atoms with Crippen molar-refractivity contribution in [2.24, 2.45) is 0 Å². The number of nitrogens with zero attached hydrogens (tertiary/aromatic N) is 3. The first-order chi connectivity index (χ1) is 15.5. The average molecular weight is 435 g/mol. The van der Waals surface area contributed by atoms with Crippen LogP contribution in [0.1, 0.15) is 21.5 Å². The summed E-state index contributed by atoms with van der Waals surface area (Å²) in [5.41, 5.74) is 2.02. The van der Waals surface area contributed by atoms with E-state index >= 15 is 0 Å². The van der Waals surface area contributed by atoms with Gasteiger partial charge in [0.15, 0.2) is 12.4 Å². The van der Waals surface area contributed by atoms with E-state index in [1.165, 1.54) is 18.3 Å². The van der Waals surface area contributed by atoms with Crippen LogP contribution >= 0.6 is 0 Å². The number of ether oxygens (including phenoxy) is 4. The third-order valence-corrected chi connectivity index (χ3v) is 4.96. The lowest BCUT2D eigenvalue weighted by molar-refractivity contribution is -0.121. The normalized spacial score (nSPS) is 12.6. The maximum Gasteiger partial charge on any atom is 0.337 e. The zero-order valence-electron chi connectivity index (χ0n) is 17.8. The second-order valence-electron chi connectivity index (χ2n) is 7.02. The molecular weight excluding hydrogens is 414 g/mol. The highest BCUT2D eigenvalue weighted by molar-refractivity contribution is 5.97. The van der Waals surface area contributed by atoms with Gasteiger partial charge in [-0.25, -0.2) is 9.78 Å². The number of aryl methyl sites for hydroxylation is 1. The van der Waals surface area contributed by atoms with Crippen molar-refractivity contribution in [2.45, 2.75) is 13.5 Å². The average Bonchev–Trinajstić information content (AvgIpc) is 2.82. The van der Waals surface area contributed by atoms with Crippen LogP contribution in [0.25, 0.3) is 0 Å². The van der Waals surface area contributed by atoms with Gasteiger partial charge in [-0.05, 0) is 42.3 Å². The molecule has 0 saturated heterocycles. The monoisotopic (exact) mass is 435 g/mol. The predicted molar refractivity (Wildman–Crippen MR) is 114 cm³/mol. The smallest absolute Gasteiger partial charge is 0.337 e. The Morgan fingerprint density at radius 2 is 1.91 bits per heavy atom. The summed E-state index contributed by atoms with van der Waals surface area (Å²) in [6.07, 6.45) is 1.30. The summed E-state index contributed by atoms with van der Waals surface area (Å²) in [6, 6.07) is 12.4. The first-order valence-electron chi connectivity index (χ1n) is 9.78. The summed E-state index contributed by atoms with van der Waals surface area (Å²) in [6.45, 7) is 1.96. The van der Waals surface area contributed by atoms with E-state index in [-0.39, 0.29) is 24.1 Å². The van der Waals surface area contributed by atoms with Gasteiger partial charge in [-0.2, -0.15) is 4.98 Å². The van der Waals surface area contributed by atoms with E-state index in [4.69, 9.17) is 18.9 Å². The second kappa shape index (κ2) is 8.93. The molecule has 164 valence electrons. The fraction of sp³-hybridized carbons (Fsp3) is 0.217. The number of fused-ring (bicyclic) bond motifs is 1. The summed E-state index contributed by atoms with van der Waals surface area (Å²) >= 11 is 0. The minimum Gasteiger partial charge on any atom is -0.497 e. The molecule has 0 unspecified atom stereocenters. The minimum atomic E-state index is -0.480. The van der Waals surface area contributed by atoms with E-state index in [1.54, 1.807) is 25.3 Å². The maximum absolute atomic E-state index is 12.6. The number of benzene rings is 2. The van der Waals surface area contributed by atoms with Gasteiger partial charge in [0.25, 0.3) is 11.8 Å². The van der Waals surface area contributed by atoms with Crippen LogP contribution in [0.5, 0.6) is 23.1 Å². The molecule has 1 amide bonds. The molecule has 32 heavy (non-hydrogen) atoms. The zero-order valence-corrected chi connectivity index (χ0v) is 17.8. The number of carbonyl (C=O) groups excluding carboxylic acids is 2.